The Hall–Kier alpha value is -3.73. The molecule has 0 amide bonds. The normalized spacial score (nSPS) is 17.5. The molecule has 124 valence electrons. The number of nitrogens with two attached hydrogens (primary N) is 1. The topological polar surface area (TPSA) is 121 Å². The van der Waals surface area contributed by atoms with Gasteiger partial charge in [0.2, 0.25) is 12.7 Å². The van der Waals surface area contributed by atoms with Crippen LogP contribution in [0.2, 0.25) is 0 Å². The third kappa shape index (κ3) is 2.21. The van der Waals surface area contributed by atoms with Crippen LogP contribution in [0.25, 0.3) is 0 Å². The second kappa shape index (κ2) is 5.42. The minimum atomic E-state index is -0.732. The van der Waals surface area contributed by atoms with Crippen molar-refractivity contribution in [3.8, 4) is 23.3 Å². The molecule has 0 saturated carbocycles. The smallest absolute Gasteiger partial charge is 0.277 e. The summed E-state index contributed by atoms with van der Waals surface area (Å²) >= 11 is 0. The van der Waals surface area contributed by atoms with Gasteiger partial charge in [0.1, 0.15) is 17.4 Å². The molecule has 2 aromatic carbocycles. The molecule has 25 heavy (non-hydrogen) atoms. The first-order valence-corrected chi connectivity index (χ1v) is 7.34. The molecule has 0 fully saturated rings. The lowest BCUT2D eigenvalue weighted by Crippen LogP contribution is -2.21. The van der Waals surface area contributed by atoms with Crippen molar-refractivity contribution in [3.63, 3.8) is 0 Å². The van der Waals surface area contributed by atoms with Crippen molar-refractivity contribution in [1.29, 1.82) is 5.26 Å². The van der Waals surface area contributed by atoms with Gasteiger partial charge in [-0.3, -0.25) is 10.1 Å². The quantitative estimate of drug-likeness (QED) is 0.660. The summed E-state index contributed by atoms with van der Waals surface area (Å²) in [4.78, 5) is 11.1. The van der Waals surface area contributed by atoms with E-state index < -0.39 is 10.8 Å². The second-order valence-electron chi connectivity index (χ2n) is 5.48. The first-order valence-electron chi connectivity index (χ1n) is 7.34. The van der Waals surface area contributed by atoms with Crippen LogP contribution in [0.5, 0.6) is 17.2 Å². The molecule has 0 spiro atoms. The highest BCUT2D eigenvalue weighted by atomic mass is 16.7. The molecule has 2 aromatic rings. The highest BCUT2D eigenvalue weighted by Gasteiger charge is 2.36. The van der Waals surface area contributed by atoms with Crippen LogP contribution >= 0.6 is 0 Å². The summed E-state index contributed by atoms with van der Waals surface area (Å²) in [5, 5.41) is 21.1. The minimum absolute atomic E-state index is 0.0105. The lowest BCUT2D eigenvalue weighted by molar-refractivity contribution is -0.385. The van der Waals surface area contributed by atoms with Crippen LogP contribution in [0.4, 0.5) is 5.69 Å². The number of rotatable bonds is 2. The standard InChI is InChI=1S/C17H11N3O5/c18-7-11-16(9-3-1-2-4-13(9)25-17(11)19)10-5-14-15(24-8-23-14)6-12(10)20(21)22/h1-6,16H,8,19H2/t16-/m1/s1. The SMILES string of the molecule is N#CC1=C(N)Oc2ccccc2[C@@H]1c1cc2c(cc1[N+](=O)[O-])OCO2. The van der Waals surface area contributed by atoms with Gasteiger partial charge in [0.25, 0.3) is 5.69 Å². The molecule has 0 radical (unpaired) electrons. The van der Waals surface area contributed by atoms with Gasteiger partial charge >= 0.3 is 0 Å². The van der Waals surface area contributed by atoms with E-state index >= 15 is 0 Å². The van der Waals surface area contributed by atoms with E-state index in [0.717, 1.165) is 0 Å². The maximum absolute atomic E-state index is 11.6. The van der Waals surface area contributed by atoms with Gasteiger partial charge in [0, 0.05) is 11.1 Å². The molecular weight excluding hydrogens is 326 g/mol. The largest absolute Gasteiger partial charge is 0.454 e. The van der Waals surface area contributed by atoms with Crippen molar-refractivity contribution in [1.82, 2.24) is 0 Å². The monoisotopic (exact) mass is 337 g/mol. The Morgan fingerprint density at radius 3 is 2.60 bits per heavy atom. The van der Waals surface area contributed by atoms with Crippen LogP contribution in [-0.2, 0) is 0 Å². The number of hydrogen-bond acceptors (Lipinski definition) is 7. The summed E-state index contributed by atoms with van der Waals surface area (Å²) in [6, 6.07) is 11.8. The molecule has 2 heterocycles. The Balaban J connectivity index is 2.00. The van der Waals surface area contributed by atoms with E-state index in [9.17, 15) is 15.4 Å². The Kier molecular flexibility index (Phi) is 3.22. The number of nitro benzene ring substituents is 1. The van der Waals surface area contributed by atoms with E-state index in [4.69, 9.17) is 19.9 Å². The van der Waals surface area contributed by atoms with Crippen LogP contribution in [-0.4, -0.2) is 11.7 Å². The Morgan fingerprint density at radius 2 is 1.88 bits per heavy atom. The highest BCUT2D eigenvalue weighted by Crippen LogP contribution is 2.48. The van der Waals surface area contributed by atoms with Gasteiger partial charge in [0.15, 0.2) is 11.5 Å². The number of fused-ring (bicyclic) bond motifs is 2. The molecule has 1 atom stereocenters. The van der Waals surface area contributed by atoms with Gasteiger partial charge in [-0.1, -0.05) is 18.2 Å². The molecule has 0 aliphatic carbocycles. The fourth-order valence-corrected chi connectivity index (χ4v) is 3.06. The van der Waals surface area contributed by atoms with Crippen molar-refractivity contribution in [2.75, 3.05) is 6.79 Å². The van der Waals surface area contributed by atoms with Crippen LogP contribution in [0.15, 0.2) is 47.9 Å². The third-order valence-corrected chi connectivity index (χ3v) is 4.15. The number of para-hydroxylation sites is 1. The van der Waals surface area contributed by atoms with E-state index in [1.807, 2.05) is 6.07 Å². The number of nitro groups is 1. The van der Waals surface area contributed by atoms with Gasteiger partial charge in [-0.15, -0.1) is 0 Å². The summed E-state index contributed by atoms with van der Waals surface area (Å²) in [6.45, 7) is -0.0105. The molecule has 0 saturated heterocycles. The molecule has 0 bridgehead atoms. The number of hydrogen-bond donors (Lipinski definition) is 1. The van der Waals surface area contributed by atoms with E-state index in [2.05, 4.69) is 0 Å². The number of nitriles is 1. The second-order valence-corrected chi connectivity index (χ2v) is 5.48. The summed E-state index contributed by atoms with van der Waals surface area (Å²) < 4.78 is 16.1. The predicted molar refractivity (Wildman–Crippen MR) is 85.0 cm³/mol. The lowest BCUT2D eigenvalue weighted by atomic mass is 9.82. The van der Waals surface area contributed by atoms with E-state index in [1.54, 1.807) is 24.3 Å². The minimum Gasteiger partial charge on any atom is -0.454 e. The van der Waals surface area contributed by atoms with Gasteiger partial charge in [-0.2, -0.15) is 5.26 Å². The van der Waals surface area contributed by atoms with Crippen LogP contribution < -0.4 is 19.9 Å². The molecule has 0 unspecified atom stereocenters. The average Bonchev–Trinajstić information content (AvgIpc) is 3.06. The zero-order valence-electron chi connectivity index (χ0n) is 12.8. The van der Waals surface area contributed by atoms with Gasteiger partial charge < -0.3 is 19.9 Å². The molecular formula is C17H11N3O5. The Labute approximate surface area is 141 Å². The maximum Gasteiger partial charge on any atom is 0.277 e. The lowest BCUT2D eigenvalue weighted by Gasteiger charge is -2.26. The highest BCUT2D eigenvalue weighted by molar-refractivity contribution is 5.64. The molecule has 2 N–H and O–H groups in total. The molecule has 2 aliphatic heterocycles. The molecule has 2 aliphatic rings. The zero-order valence-corrected chi connectivity index (χ0v) is 12.8. The van der Waals surface area contributed by atoms with Crippen LogP contribution in [0.1, 0.15) is 17.0 Å². The Bertz CT molecular complexity index is 977. The van der Waals surface area contributed by atoms with Gasteiger partial charge in [-0.05, 0) is 12.1 Å². The first kappa shape index (κ1) is 14.8. The average molecular weight is 337 g/mol. The maximum atomic E-state index is 11.6. The number of ether oxygens (including phenoxy) is 3. The fraction of sp³-hybridized carbons (Fsp3) is 0.118. The predicted octanol–water partition coefficient (Wildman–Crippen LogP) is 2.54. The van der Waals surface area contributed by atoms with Gasteiger partial charge in [-0.25, -0.2) is 0 Å². The number of benzene rings is 2. The number of nitrogens with zero attached hydrogens (tertiary/aromatic N) is 2. The van der Waals surface area contributed by atoms with Crippen molar-refractivity contribution in [3.05, 3.63) is 69.1 Å². The molecule has 8 heteroatoms. The van der Waals surface area contributed by atoms with Crippen molar-refractivity contribution in [2.45, 2.75) is 5.92 Å². The molecule has 0 aromatic heterocycles. The first-order chi connectivity index (χ1) is 12.1. The van der Waals surface area contributed by atoms with Crippen molar-refractivity contribution < 1.29 is 19.1 Å². The molecule has 4 rings (SSSR count). The van der Waals surface area contributed by atoms with Gasteiger partial charge in [0.05, 0.1) is 16.9 Å². The van der Waals surface area contributed by atoms with E-state index in [0.29, 0.717) is 28.4 Å². The van der Waals surface area contributed by atoms with E-state index in [-0.39, 0.29) is 23.9 Å². The fourth-order valence-electron chi connectivity index (χ4n) is 3.06. The van der Waals surface area contributed by atoms with Crippen molar-refractivity contribution in [2.24, 2.45) is 5.73 Å². The summed E-state index contributed by atoms with van der Waals surface area (Å²) in [6.07, 6.45) is 0. The van der Waals surface area contributed by atoms with Crippen LogP contribution in [0.3, 0.4) is 0 Å². The third-order valence-electron chi connectivity index (χ3n) is 4.15. The summed E-state index contributed by atoms with van der Waals surface area (Å²) in [5.41, 5.74) is 6.73. The molecule has 8 nitrogen and oxygen atoms in total. The van der Waals surface area contributed by atoms with Crippen molar-refractivity contribution >= 4 is 5.69 Å². The summed E-state index contributed by atoms with van der Waals surface area (Å²) in [5.74, 6) is 0.339. The zero-order chi connectivity index (χ0) is 17.6. The summed E-state index contributed by atoms with van der Waals surface area (Å²) in [7, 11) is 0. The Morgan fingerprint density at radius 1 is 1.16 bits per heavy atom. The number of allylic oxidation sites excluding steroid dienone is 1. The van der Waals surface area contributed by atoms with E-state index in [1.165, 1.54) is 12.1 Å². The van der Waals surface area contributed by atoms with Crippen LogP contribution in [0, 0.1) is 21.4 Å².